The molecule has 5 heteroatoms. The number of guanidine groups is 1. The van der Waals surface area contributed by atoms with Gasteiger partial charge in [-0.25, -0.2) is 0 Å². The molecule has 0 amide bonds. The Labute approximate surface area is 132 Å². The first kappa shape index (κ1) is 16.6. The van der Waals surface area contributed by atoms with E-state index in [0.29, 0.717) is 18.3 Å². The van der Waals surface area contributed by atoms with E-state index >= 15 is 0 Å². The molecule has 0 unspecified atom stereocenters. The third-order valence-electron chi connectivity index (χ3n) is 3.77. The molecule has 1 aromatic carbocycles. The Kier molecular flexibility index (Phi) is 7.03. The van der Waals surface area contributed by atoms with Gasteiger partial charge in [0.2, 0.25) is 0 Å². The van der Waals surface area contributed by atoms with Crippen molar-refractivity contribution in [3.05, 3.63) is 24.3 Å². The number of phenolic OH excluding ortho intramolecular Hbond substituents is 1. The summed E-state index contributed by atoms with van der Waals surface area (Å²) in [5.41, 5.74) is 0.677. The van der Waals surface area contributed by atoms with E-state index < -0.39 is 0 Å². The maximum Gasteiger partial charge on any atom is 0.196 e. The lowest BCUT2D eigenvalue weighted by Crippen LogP contribution is -2.38. The Bertz CT molecular complexity index is 471. The summed E-state index contributed by atoms with van der Waals surface area (Å²) in [5, 5.41) is 16.6. The van der Waals surface area contributed by atoms with Gasteiger partial charge in [0.25, 0.3) is 0 Å². The molecule has 0 heterocycles. The molecule has 2 rings (SSSR count). The van der Waals surface area contributed by atoms with Gasteiger partial charge in [0, 0.05) is 25.8 Å². The smallest absolute Gasteiger partial charge is 0.196 e. The van der Waals surface area contributed by atoms with Gasteiger partial charge >= 0.3 is 0 Å². The molecule has 0 radical (unpaired) electrons. The minimum absolute atomic E-state index is 0.234. The number of benzene rings is 1. The van der Waals surface area contributed by atoms with Crippen molar-refractivity contribution in [1.29, 1.82) is 0 Å². The highest BCUT2D eigenvalue weighted by Gasteiger charge is 2.16. The molecule has 0 atom stereocenters. The van der Waals surface area contributed by atoms with Crippen LogP contribution < -0.4 is 10.6 Å². The summed E-state index contributed by atoms with van der Waals surface area (Å²) in [5.74, 6) is 0.975. The van der Waals surface area contributed by atoms with Gasteiger partial charge < -0.3 is 20.5 Å². The topological polar surface area (TPSA) is 65.9 Å². The predicted molar refractivity (Wildman–Crippen MR) is 90.5 cm³/mol. The average molecular weight is 305 g/mol. The largest absolute Gasteiger partial charge is 0.506 e. The summed E-state index contributed by atoms with van der Waals surface area (Å²) in [4.78, 5) is 4.60. The number of ether oxygens (including phenoxy) is 1. The van der Waals surface area contributed by atoms with E-state index in [4.69, 9.17) is 4.74 Å². The Morgan fingerprint density at radius 2 is 2.09 bits per heavy atom. The molecule has 0 saturated heterocycles. The third-order valence-corrected chi connectivity index (χ3v) is 3.77. The summed E-state index contributed by atoms with van der Waals surface area (Å²) in [6.45, 7) is 4.17. The molecule has 5 nitrogen and oxygen atoms in total. The monoisotopic (exact) mass is 305 g/mol. The van der Waals surface area contributed by atoms with Gasteiger partial charge in [0.15, 0.2) is 5.96 Å². The number of phenols is 1. The van der Waals surface area contributed by atoms with Crippen molar-refractivity contribution in [3.8, 4) is 5.75 Å². The lowest BCUT2D eigenvalue weighted by molar-refractivity contribution is 0.146. The summed E-state index contributed by atoms with van der Waals surface area (Å²) < 4.78 is 5.34. The number of hydrogen-bond donors (Lipinski definition) is 3. The summed E-state index contributed by atoms with van der Waals surface area (Å²) in [6.07, 6.45) is 5.80. The van der Waals surface area contributed by atoms with E-state index in [-0.39, 0.29) is 5.75 Å². The molecule has 0 bridgehead atoms. The van der Waals surface area contributed by atoms with Crippen LogP contribution in [-0.4, -0.2) is 36.9 Å². The lowest BCUT2D eigenvalue weighted by Gasteiger charge is -2.18. The molecule has 122 valence electrons. The van der Waals surface area contributed by atoms with Crippen molar-refractivity contribution in [2.45, 2.75) is 45.1 Å². The number of aliphatic imine (C=N–C) groups is 1. The number of hydrogen-bond acceptors (Lipinski definition) is 3. The van der Waals surface area contributed by atoms with Gasteiger partial charge in [-0.2, -0.15) is 0 Å². The van der Waals surface area contributed by atoms with Crippen LogP contribution in [0.25, 0.3) is 0 Å². The van der Waals surface area contributed by atoms with Crippen molar-refractivity contribution in [3.63, 3.8) is 0 Å². The minimum atomic E-state index is 0.234. The maximum absolute atomic E-state index is 9.90. The van der Waals surface area contributed by atoms with Crippen LogP contribution in [0.5, 0.6) is 5.75 Å². The summed E-state index contributed by atoms with van der Waals surface area (Å²) in [7, 11) is 0. The first-order valence-electron chi connectivity index (χ1n) is 8.23. The molecule has 1 fully saturated rings. The molecule has 1 saturated carbocycles. The SMILES string of the molecule is CCOCCCN=C(Nc1ccccc1O)NC1CCCC1. The zero-order chi connectivity index (χ0) is 15.6. The Balaban J connectivity index is 1.94. The first-order valence-corrected chi connectivity index (χ1v) is 8.23. The highest BCUT2D eigenvalue weighted by molar-refractivity contribution is 5.95. The van der Waals surface area contributed by atoms with Crippen molar-refractivity contribution in [2.75, 3.05) is 25.1 Å². The van der Waals surface area contributed by atoms with E-state index in [1.807, 2.05) is 25.1 Å². The molecule has 1 aromatic rings. The zero-order valence-corrected chi connectivity index (χ0v) is 13.3. The molecule has 3 N–H and O–H groups in total. The second-order valence-electron chi connectivity index (χ2n) is 5.55. The molecule has 1 aliphatic carbocycles. The van der Waals surface area contributed by atoms with Crippen LogP contribution in [0.1, 0.15) is 39.0 Å². The Morgan fingerprint density at radius 3 is 2.82 bits per heavy atom. The molecule has 0 aromatic heterocycles. The van der Waals surface area contributed by atoms with Gasteiger partial charge in [-0.1, -0.05) is 25.0 Å². The van der Waals surface area contributed by atoms with E-state index in [1.54, 1.807) is 6.07 Å². The summed E-state index contributed by atoms with van der Waals surface area (Å²) >= 11 is 0. The van der Waals surface area contributed by atoms with Crippen molar-refractivity contribution in [2.24, 2.45) is 4.99 Å². The summed E-state index contributed by atoms with van der Waals surface area (Å²) in [6, 6.07) is 7.70. The first-order chi connectivity index (χ1) is 10.8. The van der Waals surface area contributed by atoms with Gasteiger partial charge in [-0.15, -0.1) is 0 Å². The lowest BCUT2D eigenvalue weighted by atomic mass is 10.2. The minimum Gasteiger partial charge on any atom is -0.506 e. The van der Waals surface area contributed by atoms with Crippen LogP contribution in [0.15, 0.2) is 29.3 Å². The van der Waals surface area contributed by atoms with Crippen LogP contribution in [0, 0.1) is 0 Å². The second-order valence-corrected chi connectivity index (χ2v) is 5.55. The van der Waals surface area contributed by atoms with Crippen molar-refractivity contribution in [1.82, 2.24) is 5.32 Å². The molecular formula is C17H27N3O2. The highest BCUT2D eigenvalue weighted by atomic mass is 16.5. The zero-order valence-electron chi connectivity index (χ0n) is 13.3. The Hall–Kier alpha value is -1.75. The van der Waals surface area contributed by atoms with E-state index in [1.165, 1.54) is 25.7 Å². The van der Waals surface area contributed by atoms with Crippen LogP contribution in [0.3, 0.4) is 0 Å². The quantitative estimate of drug-likeness (QED) is 0.313. The van der Waals surface area contributed by atoms with Gasteiger partial charge in [0.05, 0.1) is 5.69 Å². The fourth-order valence-corrected chi connectivity index (χ4v) is 2.59. The molecule has 1 aliphatic rings. The van der Waals surface area contributed by atoms with E-state index in [0.717, 1.165) is 25.6 Å². The fourth-order valence-electron chi connectivity index (χ4n) is 2.59. The normalized spacial score (nSPS) is 16.0. The predicted octanol–water partition coefficient (Wildman–Crippen LogP) is 3.12. The third kappa shape index (κ3) is 5.56. The van der Waals surface area contributed by atoms with Crippen molar-refractivity contribution < 1.29 is 9.84 Å². The molecule has 22 heavy (non-hydrogen) atoms. The maximum atomic E-state index is 9.90. The second kappa shape index (κ2) is 9.30. The highest BCUT2D eigenvalue weighted by Crippen LogP contribution is 2.22. The molecule has 0 aliphatic heterocycles. The molecular weight excluding hydrogens is 278 g/mol. The van der Waals surface area contributed by atoms with Crippen LogP contribution >= 0.6 is 0 Å². The number of nitrogens with one attached hydrogen (secondary N) is 2. The Morgan fingerprint density at radius 1 is 1.32 bits per heavy atom. The van der Waals surface area contributed by atoms with Crippen LogP contribution in [-0.2, 0) is 4.74 Å². The number of para-hydroxylation sites is 2. The van der Waals surface area contributed by atoms with Crippen molar-refractivity contribution >= 4 is 11.6 Å². The number of rotatable bonds is 7. The van der Waals surface area contributed by atoms with Gasteiger partial charge in [0.1, 0.15) is 5.75 Å². The number of nitrogens with zero attached hydrogens (tertiary/aromatic N) is 1. The van der Waals surface area contributed by atoms with E-state index in [2.05, 4.69) is 15.6 Å². The van der Waals surface area contributed by atoms with Crippen LogP contribution in [0.4, 0.5) is 5.69 Å². The standard InChI is InChI=1S/C17H27N3O2/c1-2-22-13-7-12-18-17(19-14-8-3-4-9-14)20-15-10-5-6-11-16(15)21/h5-6,10-11,14,21H,2-4,7-9,12-13H2,1H3,(H2,18,19,20). The van der Waals surface area contributed by atoms with Gasteiger partial charge in [-0.3, -0.25) is 4.99 Å². The van der Waals surface area contributed by atoms with Gasteiger partial charge in [-0.05, 0) is 38.3 Å². The van der Waals surface area contributed by atoms with Crippen LogP contribution in [0.2, 0.25) is 0 Å². The number of aromatic hydroxyl groups is 1. The van der Waals surface area contributed by atoms with E-state index in [9.17, 15) is 5.11 Å². The average Bonchev–Trinajstić information content (AvgIpc) is 3.02. The molecule has 0 spiro atoms. The number of anilines is 1. The fraction of sp³-hybridized carbons (Fsp3) is 0.588.